The number of rotatable bonds is 3. The van der Waals surface area contributed by atoms with Gasteiger partial charge in [-0.15, -0.1) is 0 Å². The minimum atomic E-state index is 0.577. The van der Waals surface area contributed by atoms with Gasteiger partial charge in [-0.25, -0.2) is 0 Å². The molecule has 1 fully saturated rings. The molecular formula is C14H20N. The molecule has 15 heavy (non-hydrogen) atoms. The van der Waals surface area contributed by atoms with E-state index in [9.17, 15) is 0 Å². The van der Waals surface area contributed by atoms with Crippen LogP contribution >= 0.6 is 0 Å². The maximum Gasteiger partial charge on any atom is 0.0142 e. The Hall–Kier alpha value is -0.820. The Morgan fingerprint density at radius 3 is 2.40 bits per heavy atom. The molecule has 0 N–H and O–H groups in total. The standard InChI is InChI=1S/C14H20N/c1-13(15-10-6-3-7-11-15)12-14-8-4-2-5-9-14/h2,4-5,8-9,12-13H,3,6-7,10-11H2,1H3. The van der Waals surface area contributed by atoms with E-state index in [0.29, 0.717) is 6.04 Å². The second kappa shape index (κ2) is 5.32. The van der Waals surface area contributed by atoms with Gasteiger partial charge in [-0.1, -0.05) is 36.8 Å². The van der Waals surface area contributed by atoms with Crippen molar-refractivity contribution in [3.05, 3.63) is 42.3 Å². The van der Waals surface area contributed by atoms with Gasteiger partial charge < -0.3 is 4.90 Å². The predicted octanol–water partition coefficient (Wildman–Crippen LogP) is 3.11. The molecule has 1 heterocycles. The smallest absolute Gasteiger partial charge is 0.0142 e. The third-order valence-corrected chi connectivity index (χ3v) is 3.20. The van der Waals surface area contributed by atoms with Gasteiger partial charge in [0.05, 0.1) is 0 Å². The van der Waals surface area contributed by atoms with Crippen molar-refractivity contribution in [1.82, 2.24) is 4.90 Å². The average molecular weight is 202 g/mol. The molecule has 1 saturated heterocycles. The molecular weight excluding hydrogens is 182 g/mol. The van der Waals surface area contributed by atoms with E-state index < -0.39 is 0 Å². The summed E-state index contributed by atoms with van der Waals surface area (Å²) in [6.07, 6.45) is 6.51. The van der Waals surface area contributed by atoms with Crippen molar-refractivity contribution in [2.24, 2.45) is 0 Å². The molecule has 1 aromatic carbocycles. The number of piperidine rings is 1. The number of likely N-dealkylation sites (tertiary alicyclic amines) is 1. The number of nitrogens with zero attached hydrogens (tertiary/aromatic N) is 1. The zero-order valence-electron chi connectivity index (χ0n) is 9.52. The van der Waals surface area contributed by atoms with Gasteiger partial charge in [-0.3, -0.25) is 0 Å². The summed E-state index contributed by atoms with van der Waals surface area (Å²) in [5.74, 6) is 0. The minimum absolute atomic E-state index is 0.577. The van der Waals surface area contributed by atoms with Gasteiger partial charge in [-0.2, -0.15) is 0 Å². The zero-order chi connectivity index (χ0) is 10.5. The fraction of sp³-hybridized carbons (Fsp3) is 0.500. The van der Waals surface area contributed by atoms with Crippen LogP contribution in [0.25, 0.3) is 0 Å². The summed E-state index contributed by atoms with van der Waals surface area (Å²) in [4.78, 5) is 2.58. The Balaban J connectivity index is 1.88. The number of hydrogen-bond donors (Lipinski definition) is 0. The molecule has 1 heteroatoms. The summed E-state index contributed by atoms with van der Waals surface area (Å²) in [5.41, 5.74) is 1.34. The normalized spacial score (nSPS) is 20.1. The van der Waals surface area contributed by atoms with E-state index in [1.54, 1.807) is 0 Å². The first-order chi connectivity index (χ1) is 7.36. The van der Waals surface area contributed by atoms with Gasteiger partial charge in [0.15, 0.2) is 0 Å². The lowest BCUT2D eigenvalue weighted by Gasteiger charge is -2.32. The molecule has 1 unspecified atom stereocenters. The topological polar surface area (TPSA) is 3.24 Å². The molecule has 1 nitrogen and oxygen atoms in total. The first-order valence-electron chi connectivity index (χ1n) is 6.00. The van der Waals surface area contributed by atoms with Gasteiger partial charge in [0, 0.05) is 12.5 Å². The largest absolute Gasteiger partial charge is 0.300 e. The van der Waals surface area contributed by atoms with Crippen molar-refractivity contribution in [3.8, 4) is 0 Å². The predicted molar refractivity (Wildman–Crippen MR) is 64.7 cm³/mol. The van der Waals surface area contributed by atoms with Crippen molar-refractivity contribution >= 4 is 0 Å². The fourth-order valence-corrected chi connectivity index (χ4v) is 2.27. The summed E-state index contributed by atoms with van der Waals surface area (Å²) >= 11 is 0. The van der Waals surface area contributed by atoms with Gasteiger partial charge in [0.25, 0.3) is 0 Å². The van der Waals surface area contributed by atoms with Crippen LogP contribution in [0, 0.1) is 6.42 Å². The summed E-state index contributed by atoms with van der Waals surface area (Å²) in [7, 11) is 0. The monoisotopic (exact) mass is 202 g/mol. The van der Waals surface area contributed by atoms with E-state index in [1.165, 1.54) is 37.9 Å². The SMILES string of the molecule is CC([CH]c1ccccc1)N1CCCCC1. The molecule has 81 valence electrons. The molecule has 0 aliphatic carbocycles. The Labute approximate surface area is 93.1 Å². The Bertz CT molecular complexity index is 275. The molecule has 0 saturated carbocycles. The second-order valence-corrected chi connectivity index (χ2v) is 4.41. The summed E-state index contributed by atoms with van der Waals surface area (Å²) in [5, 5.41) is 0. The highest BCUT2D eigenvalue weighted by Gasteiger charge is 2.16. The molecule has 1 aromatic rings. The highest BCUT2D eigenvalue weighted by atomic mass is 15.1. The molecule has 1 atom stereocenters. The van der Waals surface area contributed by atoms with E-state index in [1.807, 2.05) is 0 Å². The quantitative estimate of drug-likeness (QED) is 0.728. The van der Waals surface area contributed by atoms with Crippen LogP contribution in [-0.4, -0.2) is 24.0 Å². The molecule has 2 rings (SSSR count). The van der Waals surface area contributed by atoms with Crippen molar-refractivity contribution in [3.63, 3.8) is 0 Å². The Morgan fingerprint density at radius 1 is 1.07 bits per heavy atom. The molecule has 0 aromatic heterocycles. The van der Waals surface area contributed by atoms with Gasteiger partial charge >= 0.3 is 0 Å². The maximum atomic E-state index is 2.58. The Morgan fingerprint density at radius 2 is 1.73 bits per heavy atom. The van der Waals surface area contributed by atoms with Crippen LogP contribution < -0.4 is 0 Å². The zero-order valence-corrected chi connectivity index (χ0v) is 9.52. The van der Waals surface area contributed by atoms with E-state index >= 15 is 0 Å². The van der Waals surface area contributed by atoms with E-state index in [2.05, 4.69) is 48.6 Å². The molecule has 0 spiro atoms. The van der Waals surface area contributed by atoms with Crippen LogP contribution in [0.5, 0.6) is 0 Å². The lowest BCUT2D eigenvalue weighted by molar-refractivity contribution is 0.194. The van der Waals surface area contributed by atoms with Gasteiger partial charge in [0.1, 0.15) is 0 Å². The van der Waals surface area contributed by atoms with Gasteiger partial charge in [0.2, 0.25) is 0 Å². The average Bonchev–Trinajstić information content (AvgIpc) is 2.31. The highest BCUT2D eigenvalue weighted by Crippen LogP contribution is 2.16. The van der Waals surface area contributed by atoms with Crippen LogP contribution in [0.4, 0.5) is 0 Å². The molecule has 1 aliphatic heterocycles. The minimum Gasteiger partial charge on any atom is -0.300 e. The van der Waals surface area contributed by atoms with Gasteiger partial charge in [-0.05, 0) is 38.4 Å². The first kappa shape index (κ1) is 10.7. The van der Waals surface area contributed by atoms with Crippen LogP contribution in [-0.2, 0) is 0 Å². The third kappa shape index (κ3) is 3.07. The molecule has 0 amide bonds. The van der Waals surface area contributed by atoms with Crippen molar-refractivity contribution in [2.75, 3.05) is 13.1 Å². The number of hydrogen-bond acceptors (Lipinski definition) is 1. The van der Waals surface area contributed by atoms with Crippen molar-refractivity contribution in [1.29, 1.82) is 0 Å². The van der Waals surface area contributed by atoms with Crippen molar-refractivity contribution < 1.29 is 0 Å². The first-order valence-corrected chi connectivity index (χ1v) is 6.00. The summed E-state index contributed by atoms with van der Waals surface area (Å²) in [6, 6.07) is 11.2. The van der Waals surface area contributed by atoms with Crippen LogP contribution in [0.3, 0.4) is 0 Å². The molecule has 1 radical (unpaired) electrons. The van der Waals surface area contributed by atoms with Crippen LogP contribution in [0.1, 0.15) is 31.7 Å². The highest BCUT2D eigenvalue weighted by molar-refractivity contribution is 5.24. The van der Waals surface area contributed by atoms with Crippen molar-refractivity contribution in [2.45, 2.75) is 32.2 Å². The third-order valence-electron chi connectivity index (χ3n) is 3.20. The Kier molecular flexibility index (Phi) is 3.79. The maximum absolute atomic E-state index is 2.58. The second-order valence-electron chi connectivity index (χ2n) is 4.41. The summed E-state index contributed by atoms with van der Waals surface area (Å²) in [6.45, 7) is 4.84. The van der Waals surface area contributed by atoms with Crippen LogP contribution in [0.2, 0.25) is 0 Å². The molecule has 0 bridgehead atoms. The van der Waals surface area contributed by atoms with E-state index in [4.69, 9.17) is 0 Å². The number of benzene rings is 1. The van der Waals surface area contributed by atoms with E-state index in [-0.39, 0.29) is 0 Å². The fourth-order valence-electron chi connectivity index (χ4n) is 2.27. The van der Waals surface area contributed by atoms with E-state index in [0.717, 1.165) is 0 Å². The lowest BCUT2D eigenvalue weighted by atomic mass is 10.0. The summed E-state index contributed by atoms with van der Waals surface area (Å²) < 4.78 is 0. The van der Waals surface area contributed by atoms with Crippen LogP contribution in [0.15, 0.2) is 30.3 Å². The molecule has 1 aliphatic rings. The lowest BCUT2D eigenvalue weighted by Crippen LogP contribution is -2.37.